The molecule has 0 aliphatic heterocycles. The molecule has 0 saturated heterocycles. The monoisotopic (exact) mass is 190 g/mol. The van der Waals surface area contributed by atoms with Crippen LogP contribution in [0, 0.1) is 0 Å². The van der Waals surface area contributed by atoms with Crippen LogP contribution in [-0.2, 0) is 0 Å². The Hall–Kier alpha value is 0.660. The van der Waals surface area contributed by atoms with Crippen LogP contribution in [0.25, 0.3) is 0 Å². The van der Waals surface area contributed by atoms with Gasteiger partial charge in [0.05, 0.1) is 4.83 Å². The van der Waals surface area contributed by atoms with Gasteiger partial charge in [0, 0.05) is 0 Å². The fourth-order valence-electron chi connectivity index (χ4n) is 0. The zero-order valence-electron chi connectivity index (χ0n) is 3.66. The highest BCUT2D eigenvalue weighted by atomic mass is 79.9. The summed E-state index contributed by atoms with van der Waals surface area (Å²) in [5.41, 5.74) is 0. The summed E-state index contributed by atoms with van der Waals surface area (Å²) in [6.07, 6.45) is 0. The molecule has 0 aliphatic rings. The zero-order valence-corrected chi connectivity index (χ0v) is 6.00. The molecular weight excluding hydrogens is 186 g/mol. The van der Waals surface area contributed by atoms with Crippen LogP contribution in [0.5, 0.6) is 0 Å². The maximum Gasteiger partial charge on any atom is 0.296 e. The summed E-state index contributed by atoms with van der Waals surface area (Å²) in [6.45, 7) is 1.41. The third-order valence-corrected chi connectivity index (χ3v) is 1.68. The van der Waals surface area contributed by atoms with Gasteiger partial charge in [0.15, 0.2) is 0 Å². The van der Waals surface area contributed by atoms with E-state index in [0.29, 0.717) is 0 Å². The van der Waals surface area contributed by atoms with E-state index >= 15 is 0 Å². The second-order valence-corrected chi connectivity index (χ2v) is 3.11. The molecule has 0 saturated carbocycles. The van der Waals surface area contributed by atoms with E-state index in [0.717, 1.165) is 0 Å². The molecule has 1 N–H and O–H groups in total. The van der Waals surface area contributed by atoms with E-state index in [1.807, 2.05) is 0 Å². The summed E-state index contributed by atoms with van der Waals surface area (Å²) in [7, 11) is 0. The molecule has 44 valence electrons. The minimum atomic E-state index is -2.61. The van der Waals surface area contributed by atoms with Gasteiger partial charge in [-0.05, 0) is 6.92 Å². The molecular formula is C3H5BrClFO. The largest absolute Gasteiger partial charge is 0.349 e. The Morgan fingerprint density at radius 1 is 2.00 bits per heavy atom. The maximum atomic E-state index is 11.8. The van der Waals surface area contributed by atoms with E-state index in [9.17, 15) is 4.39 Å². The highest BCUT2D eigenvalue weighted by Crippen LogP contribution is 2.22. The molecule has 0 bridgehead atoms. The lowest BCUT2D eigenvalue weighted by molar-refractivity contribution is -0.000686. The van der Waals surface area contributed by atoms with Crippen LogP contribution in [0.3, 0.4) is 0 Å². The van der Waals surface area contributed by atoms with Gasteiger partial charge in [-0.3, -0.25) is 0 Å². The molecule has 0 amide bonds. The average Bonchev–Trinajstić information content (AvgIpc) is 1.31. The summed E-state index contributed by atoms with van der Waals surface area (Å²) in [4.78, 5) is -0.735. The Kier molecular flexibility index (Phi) is 2.50. The van der Waals surface area contributed by atoms with Gasteiger partial charge in [0.1, 0.15) is 0 Å². The molecule has 0 aromatic rings. The molecule has 0 spiro atoms. The molecule has 0 rings (SSSR count). The number of hydrogen-bond acceptors (Lipinski definition) is 1. The van der Waals surface area contributed by atoms with Crippen LogP contribution in [0.4, 0.5) is 4.39 Å². The molecule has 7 heavy (non-hydrogen) atoms. The molecule has 0 aromatic heterocycles. The third-order valence-electron chi connectivity index (χ3n) is 0.479. The third kappa shape index (κ3) is 3.26. The summed E-state index contributed by atoms with van der Waals surface area (Å²) < 4.78 is 11.8. The Balaban J connectivity index is 3.54. The van der Waals surface area contributed by atoms with Gasteiger partial charge in [-0.25, -0.2) is 0 Å². The Morgan fingerprint density at radius 2 is 2.14 bits per heavy atom. The molecule has 1 nitrogen and oxygen atoms in total. The van der Waals surface area contributed by atoms with Gasteiger partial charge in [-0.1, -0.05) is 27.5 Å². The summed E-state index contributed by atoms with van der Waals surface area (Å²) in [5.74, 6) is 0. The number of hydrogen-bond donors (Lipinski definition) is 1. The lowest BCUT2D eigenvalue weighted by Crippen LogP contribution is -2.23. The van der Waals surface area contributed by atoms with Crippen molar-refractivity contribution in [2.45, 2.75) is 17.1 Å². The molecule has 0 aromatic carbocycles. The van der Waals surface area contributed by atoms with Crippen molar-refractivity contribution in [2.75, 3.05) is 0 Å². The standard InChI is InChI=1S/C3H5BrClFO/c1-2(4)3(5,6)7/h2,7H,1H3. The van der Waals surface area contributed by atoms with Gasteiger partial charge < -0.3 is 5.11 Å². The highest BCUT2D eigenvalue weighted by molar-refractivity contribution is 9.09. The molecule has 4 heteroatoms. The molecule has 0 radical (unpaired) electrons. The van der Waals surface area contributed by atoms with E-state index in [4.69, 9.17) is 16.7 Å². The first-order chi connectivity index (χ1) is 2.94. The maximum absolute atomic E-state index is 11.8. The molecule has 2 atom stereocenters. The van der Waals surface area contributed by atoms with Gasteiger partial charge in [0.25, 0.3) is 5.31 Å². The van der Waals surface area contributed by atoms with Crippen LogP contribution in [0.2, 0.25) is 0 Å². The minimum Gasteiger partial charge on any atom is -0.349 e. The predicted octanol–water partition coefficient (Wildman–Crippen LogP) is 1.62. The number of halogens is 3. The number of aliphatic hydroxyl groups is 1. The predicted molar refractivity (Wildman–Crippen MR) is 30.3 cm³/mol. The first-order valence-electron chi connectivity index (χ1n) is 1.69. The SMILES string of the molecule is CC(Br)C(O)(F)Cl. The second-order valence-electron chi connectivity index (χ2n) is 1.20. The van der Waals surface area contributed by atoms with Crippen molar-refractivity contribution < 1.29 is 9.50 Å². The van der Waals surface area contributed by atoms with Crippen molar-refractivity contribution in [3.05, 3.63) is 0 Å². The summed E-state index contributed by atoms with van der Waals surface area (Å²) in [6, 6.07) is 0. The molecule has 0 aliphatic carbocycles. The normalized spacial score (nSPS) is 23.6. The highest BCUT2D eigenvalue weighted by Gasteiger charge is 2.27. The Bertz CT molecular complexity index is 60.4. The van der Waals surface area contributed by atoms with Gasteiger partial charge in [-0.15, -0.1) is 0 Å². The topological polar surface area (TPSA) is 20.2 Å². The lowest BCUT2D eigenvalue weighted by Gasteiger charge is -2.11. The Morgan fingerprint density at radius 3 is 2.14 bits per heavy atom. The van der Waals surface area contributed by atoms with Crippen molar-refractivity contribution in [2.24, 2.45) is 0 Å². The molecule has 2 unspecified atom stereocenters. The first kappa shape index (κ1) is 7.66. The smallest absolute Gasteiger partial charge is 0.296 e. The fourth-order valence-corrected chi connectivity index (χ4v) is 0. The minimum absolute atomic E-state index is 0.735. The van der Waals surface area contributed by atoms with Crippen LogP contribution in [0.15, 0.2) is 0 Å². The van der Waals surface area contributed by atoms with Crippen LogP contribution < -0.4 is 0 Å². The fraction of sp³-hybridized carbons (Fsp3) is 1.00. The quantitative estimate of drug-likeness (QED) is 0.625. The van der Waals surface area contributed by atoms with E-state index in [1.165, 1.54) is 6.92 Å². The lowest BCUT2D eigenvalue weighted by atomic mass is 10.5. The van der Waals surface area contributed by atoms with Crippen LogP contribution in [0.1, 0.15) is 6.92 Å². The summed E-state index contributed by atoms with van der Waals surface area (Å²) >= 11 is 7.45. The van der Waals surface area contributed by atoms with Gasteiger partial charge in [0.2, 0.25) is 0 Å². The van der Waals surface area contributed by atoms with E-state index in [1.54, 1.807) is 0 Å². The van der Waals surface area contributed by atoms with Gasteiger partial charge >= 0.3 is 0 Å². The van der Waals surface area contributed by atoms with Crippen molar-refractivity contribution in [3.63, 3.8) is 0 Å². The van der Waals surface area contributed by atoms with Crippen molar-refractivity contribution >= 4 is 27.5 Å². The van der Waals surface area contributed by atoms with Crippen molar-refractivity contribution in [1.82, 2.24) is 0 Å². The van der Waals surface area contributed by atoms with Crippen molar-refractivity contribution in [3.8, 4) is 0 Å². The second kappa shape index (κ2) is 2.29. The van der Waals surface area contributed by atoms with Gasteiger partial charge in [-0.2, -0.15) is 4.39 Å². The first-order valence-corrected chi connectivity index (χ1v) is 2.98. The number of rotatable bonds is 1. The van der Waals surface area contributed by atoms with Crippen LogP contribution >= 0.6 is 27.5 Å². The van der Waals surface area contributed by atoms with E-state index in [2.05, 4.69) is 15.9 Å². The van der Waals surface area contributed by atoms with Crippen LogP contribution in [-0.4, -0.2) is 15.2 Å². The molecule has 0 fully saturated rings. The average molecular weight is 191 g/mol. The molecule has 0 heterocycles. The summed E-state index contributed by atoms with van der Waals surface area (Å²) in [5, 5.41) is 5.54. The van der Waals surface area contributed by atoms with E-state index < -0.39 is 10.1 Å². The number of alkyl halides is 3. The van der Waals surface area contributed by atoms with Crippen molar-refractivity contribution in [1.29, 1.82) is 0 Å². The zero-order chi connectivity index (χ0) is 6.08. The Labute approximate surface area is 54.6 Å². The van der Waals surface area contributed by atoms with E-state index in [-0.39, 0.29) is 0 Å².